The van der Waals surface area contributed by atoms with Gasteiger partial charge in [0.2, 0.25) is 0 Å². The lowest BCUT2D eigenvalue weighted by atomic mass is 10.2. The minimum Gasteiger partial charge on any atom is -0.459 e. The Labute approximate surface area is 101 Å². The quantitative estimate of drug-likeness (QED) is 0.876. The van der Waals surface area contributed by atoms with Crippen LogP contribution in [0.5, 0.6) is 0 Å². The van der Waals surface area contributed by atoms with Crippen LogP contribution in [0.15, 0.2) is 22.6 Å². The summed E-state index contributed by atoms with van der Waals surface area (Å²) in [5.41, 5.74) is 2.02. The van der Waals surface area contributed by atoms with Gasteiger partial charge in [0.1, 0.15) is 11.3 Å². The van der Waals surface area contributed by atoms with Crippen molar-refractivity contribution in [2.75, 3.05) is 0 Å². The molecule has 0 aliphatic carbocycles. The Balaban J connectivity index is 2.33. The number of hydrogen-bond donors (Lipinski definition) is 1. The summed E-state index contributed by atoms with van der Waals surface area (Å²) >= 11 is 6.00. The van der Waals surface area contributed by atoms with Gasteiger partial charge in [-0.05, 0) is 30.7 Å². The first-order valence-electron chi connectivity index (χ1n) is 5.48. The molecule has 2 aromatic rings. The van der Waals surface area contributed by atoms with Gasteiger partial charge in [-0.25, -0.2) is 0 Å². The highest BCUT2D eigenvalue weighted by Gasteiger charge is 2.07. The zero-order valence-corrected chi connectivity index (χ0v) is 10.6. The first-order valence-corrected chi connectivity index (χ1v) is 5.86. The van der Waals surface area contributed by atoms with E-state index in [0.29, 0.717) is 6.04 Å². The summed E-state index contributed by atoms with van der Waals surface area (Å²) in [6, 6.07) is 6.36. The van der Waals surface area contributed by atoms with Gasteiger partial charge in [-0.15, -0.1) is 0 Å². The molecule has 2 rings (SSSR count). The summed E-state index contributed by atoms with van der Waals surface area (Å²) in [7, 11) is 0. The van der Waals surface area contributed by atoms with Gasteiger partial charge in [0.25, 0.3) is 0 Å². The number of hydrogen-bond acceptors (Lipinski definition) is 2. The highest BCUT2D eigenvalue weighted by molar-refractivity contribution is 6.31. The van der Waals surface area contributed by atoms with Gasteiger partial charge in [0.05, 0.1) is 6.54 Å². The molecule has 1 aromatic carbocycles. The third-order valence-electron chi connectivity index (χ3n) is 2.50. The summed E-state index contributed by atoms with van der Waals surface area (Å²) in [6.07, 6.45) is 0. The molecule has 86 valence electrons. The maximum absolute atomic E-state index is 6.00. The van der Waals surface area contributed by atoms with E-state index in [0.717, 1.165) is 33.9 Å². The van der Waals surface area contributed by atoms with E-state index >= 15 is 0 Å². The lowest BCUT2D eigenvalue weighted by Crippen LogP contribution is -2.21. The van der Waals surface area contributed by atoms with Crippen molar-refractivity contribution in [3.05, 3.63) is 34.5 Å². The molecule has 0 spiro atoms. The molecule has 0 aliphatic heterocycles. The minimum atomic E-state index is 0.456. The van der Waals surface area contributed by atoms with Crippen molar-refractivity contribution in [2.24, 2.45) is 0 Å². The number of fused-ring (bicyclic) bond motifs is 1. The molecule has 0 atom stereocenters. The van der Waals surface area contributed by atoms with Crippen LogP contribution in [0, 0.1) is 6.92 Å². The first kappa shape index (κ1) is 11.5. The van der Waals surface area contributed by atoms with Gasteiger partial charge in [0.15, 0.2) is 0 Å². The second-order valence-corrected chi connectivity index (χ2v) is 4.83. The molecule has 0 fully saturated rings. The Morgan fingerprint density at radius 1 is 1.31 bits per heavy atom. The smallest absolute Gasteiger partial charge is 0.137 e. The fourth-order valence-electron chi connectivity index (χ4n) is 1.73. The van der Waals surface area contributed by atoms with E-state index in [2.05, 4.69) is 19.2 Å². The van der Waals surface area contributed by atoms with Crippen LogP contribution in [0.2, 0.25) is 5.02 Å². The van der Waals surface area contributed by atoms with Gasteiger partial charge >= 0.3 is 0 Å². The second kappa shape index (κ2) is 4.48. The predicted octanol–water partition coefficient (Wildman–Crippen LogP) is 3.89. The standard InChI is InChI=1S/C13H16ClNO/c1-8(2)15-7-12-6-10-5-11(14)4-9(3)13(10)16-12/h4-6,8,15H,7H2,1-3H3. The van der Waals surface area contributed by atoms with Gasteiger partial charge in [-0.1, -0.05) is 25.4 Å². The molecule has 0 unspecified atom stereocenters. The molecular formula is C13H16ClNO. The van der Waals surface area contributed by atoms with Gasteiger partial charge in [-0.3, -0.25) is 0 Å². The zero-order valence-electron chi connectivity index (χ0n) is 9.80. The van der Waals surface area contributed by atoms with Crippen molar-refractivity contribution < 1.29 is 4.42 Å². The SMILES string of the molecule is Cc1cc(Cl)cc2cc(CNC(C)C)oc12. The third kappa shape index (κ3) is 2.39. The number of furan rings is 1. The van der Waals surface area contributed by atoms with Crippen molar-refractivity contribution in [3.8, 4) is 0 Å². The van der Waals surface area contributed by atoms with Crippen LogP contribution >= 0.6 is 11.6 Å². The number of aryl methyl sites for hydroxylation is 1. The van der Waals surface area contributed by atoms with Gasteiger partial charge in [-0.2, -0.15) is 0 Å². The number of nitrogens with one attached hydrogen (secondary N) is 1. The molecule has 0 bridgehead atoms. The summed E-state index contributed by atoms with van der Waals surface area (Å²) in [4.78, 5) is 0. The average molecular weight is 238 g/mol. The van der Waals surface area contributed by atoms with E-state index in [9.17, 15) is 0 Å². The van der Waals surface area contributed by atoms with Gasteiger partial charge in [0, 0.05) is 16.5 Å². The largest absolute Gasteiger partial charge is 0.459 e. The number of benzene rings is 1. The highest BCUT2D eigenvalue weighted by atomic mass is 35.5. The fourth-order valence-corrected chi connectivity index (χ4v) is 2.01. The summed E-state index contributed by atoms with van der Waals surface area (Å²) < 4.78 is 5.78. The predicted molar refractivity (Wildman–Crippen MR) is 67.9 cm³/mol. The molecule has 1 aromatic heterocycles. The molecule has 0 radical (unpaired) electrons. The molecule has 0 amide bonds. The third-order valence-corrected chi connectivity index (χ3v) is 2.72. The molecule has 1 heterocycles. The van der Waals surface area contributed by atoms with E-state index in [-0.39, 0.29) is 0 Å². The van der Waals surface area contributed by atoms with Crippen molar-refractivity contribution in [2.45, 2.75) is 33.4 Å². The van der Waals surface area contributed by atoms with E-state index in [1.54, 1.807) is 0 Å². The normalized spacial score (nSPS) is 11.6. The Bertz CT molecular complexity index is 502. The van der Waals surface area contributed by atoms with Crippen LogP contribution in [0.1, 0.15) is 25.2 Å². The van der Waals surface area contributed by atoms with Crippen molar-refractivity contribution in [3.63, 3.8) is 0 Å². The number of halogens is 1. The lowest BCUT2D eigenvalue weighted by Gasteiger charge is -2.04. The second-order valence-electron chi connectivity index (χ2n) is 4.39. The molecular weight excluding hydrogens is 222 g/mol. The maximum Gasteiger partial charge on any atom is 0.137 e. The molecule has 0 saturated carbocycles. The lowest BCUT2D eigenvalue weighted by molar-refractivity contribution is 0.487. The maximum atomic E-state index is 6.00. The molecule has 2 nitrogen and oxygen atoms in total. The minimum absolute atomic E-state index is 0.456. The molecule has 1 N–H and O–H groups in total. The van der Waals surface area contributed by atoms with Gasteiger partial charge < -0.3 is 9.73 Å². The first-order chi connectivity index (χ1) is 7.56. The Morgan fingerprint density at radius 2 is 2.06 bits per heavy atom. The fraction of sp³-hybridized carbons (Fsp3) is 0.385. The van der Waals surface area contributed by atoms with E-state index in [4.69, 9.17) is 16.0 Å². The zero-order chi connectivity index (χ0) is 11.7. The summed E-state index contributed by atoms with van der Waals surface area (Å²) in [5, 5.41) is 5.16. The van der Waals surface area contributed by atoms with E-state index in [1.807, 2.05) is 25.1 Å². The molecule has 16 heavy (non-hydrogen) atoms. The molecule has 0 saturated heterocycles. The van der Waals surface area contributed by atoms with E-state index < -0.39 is 0 Å². The molecule has 0 aliphatic rings. The van der Waals surface area contributed by atoms with Crippen LogP contribution in [-0.2, 0) is 6.54 Å². The summed E-state index contributed by atoms with van der Waals surface area (Å²) in [5.74, 6) is 0.953. The average Bonchev–Trinajstić information content (AvgIpc) is 2.57. The van der Waals surface area contributed by atoms with Crippen molar-refractivity contribution in [1.82, 2.24) is 5.32 Å². The number of rotatable bonds is 3. The monoisotopic (exact) mass is 237 g/mol. The van der Waals surface area contributed by atoms with E-state index in [1.165, 1.54) is 0 Å². The highest BCUT2D eigenvalue weighted by Crippen LogP contribution is 2.26. The Hall–Kier alpha value is -0.990. The van der Waals surface area contributed by atoms with Crippen LogP contribution in [0.25, 0.3) is 11.0 Å². The van der Waals surface area contributed by atoms with Crippen molar-refractivity contribution >= 4 is 22.6 Å². The van der Waals surface area contributed by atoms with Crippen molar-refractivity contribution in [1.29, 1.82) is 0 Å². The van der Waals surface area contributed by atoms with Crippen LogP contribution in [0.3, 0.4) is 0 Å². The van der Waals surface area contributed by atoms with Crippen LogP contribution < -0.4 is 5.32 Å². The van der Waals surface area contributed by atoms with Crippen LogP contribution in [-0.4, -0.2) is 6.04 Å². The Morgan fingerprint density at radius 3 is 2.75 bits per heavy atom. The van der Waals surface area contributed by atoms with Crippen LogP contribution in [0.4, 0.5) is 0 Å². The summed E-state index contributed by atoms with van der Waals surface area (Å²) in [6.45, 7) is 7.00. The molecule has 3 heteroatoms. The topological polar surface area (TPSA) is 25.2 Å². The Kier molecular flexibility index (Phi) is 3.22.